The van der Waals surface area contributed by atoms with Gasteiger partial charge in [-0.1, -0.05) is 11.8 Å². The summed E-state index contributed by atoms with van der Waals surface area (Å²) in [5.41, 5.74) is 1.08. The Hall–Kier alpha value is -2.92. The maximum absolute atomic E-state index is 13.0. The zero-order chi connectivity index (χ0) is 21.9. The van der Waals surface area contributed by atoms with Crippen molar-refractivity contribution in [3.05, 3.63) is 42.0 Å². The number of carbonyl (C=O) groups excluding carboxylic acids is 1. The molecule has 4 heterocycles. The Balaban J connectivity index is 1.37. The predicted octanol–water partition coefficient (Wildman–Crippen LogP) is 2.10. The molecule has 0 unspecified atom stereocenters. The number of sulfone groups is 1. The Bertz CT molecular complexity index is 1260. The lowest BCUT2D eigenvalue weighted by atomic mass is 10.2. The van der Waals surface area contributed by atoms with Crippen molar-refractivity contribution in [1.29, 1.82) is 0 Å². The molecule has 1 amide bonds. The third-order valence-electron chi connectivity index (χ3n) is 5.69. The standard InChI is InChI=1S/C21H18N2O7S2/c24-20(12-1-3-16-17(7-12)30-11-29-16)22-21-23(14-9-32(25,26)10-19(14)31-21)13-2-4-15-18(8-13)28-6-5-27-15/h1-4,7-8,14,19H,5-6,9-11H2/t14-,19-/m1/s1. The molecule has 2 aromatic rings. The SMILES string of the molecule is O=C(N=C1S[C@@H]2CS(=O)(=O)C[C@H]2N1c1ccc2c(c1)OCCO2)c1ccc2c(c1)OCO2. The van der Waals surface area contributed by atoms with Gasteiger partial charge in [-0.25, -0.2) is 8.42 Å². The van der Waals surface area contributed by atoms with Crippen LogP contribution in [0.4, 0.5) is 5.69 Å². The molecule has 0 spiro atoms. The molecule has 0 N–H and O–H groups in total. The summed E-state index contributed by atoms with van der Waals surface area (Å²) in [6, 6.07) is 10.0. The van der Waals surface area contributed by atoms with Crippen LogP contribution in [-0.2, 0) is 9.84 Å². The summed E-state index contributed by atoms with van der Waals surface area (Å²) in [5, 5.41) is 0.269. The van der Waals surface area contributed by atoms with Gasteiger partial charge in [0.1, 0.15) is 13.2 Å². The van der Waals surface area contributed by atoms with E-state index in [9.17, 15) is 13.2 Å². The predicted molar refractivity (Wildman–Crippen MR) is 118 cm³/mol. The first-order valence-corrected chi connectivity index (χ1v) is 12.8. The number of amidine groups is 1. The summed E-state index contributed by atoms with van der Waals surface area (Å²) in [7, 11) is -3.16. The molecule has 4 aliphatic rings. The van der Waals surface area contributed by atoms with Crippen LogP contribution in [0.3, 0.4) is 0 Å². The largest absolute Gasteiger partial charge is 0.486 e. The van der Waals surface area contributed by atoms with Gasteiger partial charge in [0.05, 0.1) is 17.5 Å². The summed E-state index contributed by atoms with van der Waals surface area (Å²) in [4.78, 5) is 19.2. The van der Waals surface area contributed by atoms with Gasteiger partial charge in [0.2, 0.25) is 6.79 Å². The molecule has 11 heteroatoms. The minimum Gasteiger partial charge on any atom is -0.486 e. The molecule has 0 radical (unpaired) electrons. The molecule has 4 aliphatic heterocycles. The topological polar surface area (TPSA) is 104 Å². The van der Waals surface area contributed by atoms with Crippen molar-refractivity contribution in [2.24, 2.45) is 4.99 Å². The van der Waals surface area contributed by atoms with Crippen LogP contribution < -0.4 is 23.8 Å². The van der Waals surface area contributed by atoms with E-state index in [0.717, 1.165) is 0 Å². The summed E-state index contributed by atoms with van der Waals surface area (Å²) in [5.74, 6) is 1.94. The van der Waals surface area contributed by atoms with Crippen molar-refractivity contribution in [2.45, 2.75) is 11.3 Å². The van der Waals surface area contributed by atoms with Crippen LogP contribution in [0.5, 0.6) is 23.0 Å². The number of amides is 1. The molecule has 2 aromatic carbocycles. The lowest BCUT2D eigenvalue weighted by Crippen LogP contribution is -2.37. The zero-order valence-corrected chi connectivity index (χ0v) is 18.4. The molecule has 9 nitrogen and oxygen atoms in total. The molecule has 2 atom stereocenters. The highest BCUT2D eigenvalue weighted by atomic mass is 32.2. The number of thioether (sulfide) groups is 1. The van der Waals surface area contributed by atoms with E-state index in [1.165, 1.54) is 11.8 Å². The number of hydrogen-bond donors (Lipinski definition) is 0. The molecule has 0 aromatic heterocycles. The zero-order valence-electron chi connectivity index (χ0n) is 16.7. The molecule has 32 heavy (non-hydrogen) atoms. The number of anilines is 1. The van der Waals surface area contributed by atoms with Gasteiger partial charge < -0.3 is 23.8 Å². The number of hydrogen-bond acceptors (Lipinski definition) is 8. The molecule has 2 saturated heterocycles. The number of nitrogens with zero attached hydrogens (tertiary/aromatic N) is 2. The van der Waals surface area contributed by atoms with E-state index >= 15 is 0 Å². The van der Waals surface area contributed by atoms with Gasteiger partial charge in [-0.2, -0.15) is 4.99 Å². The van der Waals surface area contributed by atoms with E-state index < -0.39 is 15.7 Å². The maximum atomic E-state index is 13.0. The highest BCUT2D eigenvalue weighted by Crippen LogP contribution is 2.43. The van der Waals surface area contributed by atoms with Gasteiger partial charge in [-0.05, 0) is 30.3 Å². The number of ether oxygens (including phenoxy) is 4. The van der Waals surface area contributed by atoms with Gasteiger partial charge in [0, 0.05) is 22.6 Å². The molecule has 0 aliphatic carbocycles. The molecule has 6 rings (SSSR count). The van der Waals surface area contributed by atoms with Crippen LogP contribution in [0.1, 0.15) is 10.4 Å². The van der Waals surface area contributed by atoms with Gasteiger partial charge in [-0.3, -0.25) is 4.79 Å². The fourth-order valence-corrected chi connectivity index (χ4v) is 8.14. The highest BCUT2D eigenvalue weighted by molar-refractivity contribution is 8.16. The summed E-state index contributed by atoms with van der Waals surface area (Å²) in [6.07, 6.45) is 0. The average molecular weight is 475 g/mol. The normalized spacial score (nSPS) is 25.8. The fourth-order valence-electron chi connectivity index (χ4n) is 4.23. The van der Waals surface area contributed by atoms with Crippen LogP contribution in [-0.4, -0.2) is 62.3 Å². The Morgan fingerprint density at radius 2 is 1.66 bits per heavy atom. The lowest BCUT2D eigenvalue weighted by Gasteiger charge is -2.26. The van der Waals surface area contributed by atoms with Crippen LogP contribution in [0.25, 0.3) is 0 Å². The Morgan fingerprint density at radius 1 is 0.938 bits per heavy atom. The van der Waals surface area contributed by atoms with E-state index in [4.69, 9.17) is 18.9 Å². The fraction of sp³-hybridized carbons (Fsp3) is 0.333. The van der Waals surface area contributed by atoms with Crippen molar-refractivity contribution < 1.29 is 32.2 Å². The first-order chi connectivity index (χ1) is 15.5. The summed E-state index contributed by atoms with van der Waals surface area (Å²) >= 11 is 1.32. The van der Waals surface area contributed by atoms with Crippen molar-refractivity contribution in [1.82, 2.24) is 0 Å². The monoisotopic (exact) mass is 474 g/mol. The van der Waals surface area contributed by atoms with Gasteiger partial charge >= 0.3 is 0 Å². The van der Waals surface area contributed by atoms with Crippen LogP contribution in [0, 0.1) is 0 Å². The third kappa shape index (κ3) is 3.36. The Labute approximate surface area is 188 Å². The maximum Gasteiger partial charge on any atom is 0.279 e. The van der Waals surface area contributed by atoms with Crippen LogP contribution in [0.15, 0.2) is 41.4 Å². The first-order valence-electron chi connectivity index (χ1n) is 10.1. The molecular formula is C21H18N2O7S2. The molecule has 0 saturated carbocycles. The van der Waals surface area contributed by atoms with Gasteiger partial charge in [0.25, 0.3) is 5.91 Å². The van der Waals surface area contributed by atoms with Crippen molar-refractivity contribution in [3.63, 3.8) is 0 Å². The highest BCUT2D eigenvalue weighted by Gasteiger charge is 2.49. The quantitative estimate of drug-likeness (QED) is 0.647. The Kier molecular flexibility index (Phi) is 4.51. The second kappa shape index (κ2) is 7.31. The lowest BCUT2D eigenvalue weighted by molar-refractivity contribution is 0.100. The van der Waals surface area contributed by atoms with Gasteiger partial charge in [0.15, 0.2) is 38.0 Å². The van der Waals surface area contributed by atoms with Crippen molar-refractivity contribution in [2.75, 3.05) is 36.4 Å². The Morgan fingerprint density at radius 3 is 2.53 bits per heavy atom. The minimum absolute atomic E-state index is 0.0103. The number of rotatable bonds is 2. The molecule has 0 bridgehead atoms. The van der Waals surface area contributed by atoms with E-state index in [1.807, 2.05) is 17.0 Å². The van der Waals surface area contributed by atoms with Gasteiger partial charge in [-0.15, -0.1) is 0 Å². The number of aliphatic imine (C=N–C) groups is 1. The van der Waals surface area contributed by atoms with E-state index in [1.54, 1.807) is 24.3 Å². The minimum atomic E-state index is -3.16. The first kappa shape index (κ1) is 19.7. The molecule has 2 fully saturated rings. The van der Waals surface area contributed by atoms with Crippen molar-refractivity contribution >= 4 is 38.4 Å². The molecular weight excluding hydrogens is 456 g/mol. The second-order valence-electron chi connectivity index (χ2n) is 7.77. The van der Waals surface area contributed by atoms with Crippen molar-refractivity contribution in [3.8, 4) is 23.0 Å². The summed E-state index contributed by atoms with van der Waals surface area (Å²) < 4.78 is 46.5. The number of benzene rings is 2. The smallest absolute Gasteiger partial charge is 0.279 e. The molecule has 166 valence electrons. The number of fused-ring (bicyclic) bond motifs is 3. The average Bonchev–Trinajstić information content (AvgIpc) is 3.44. The summed E-state index contributed by atoms with van der Waals surface area (Å²) in [6.45, 7) is 1.04. The second-order valence-corrected chi connectivity index (χ2v) is 11.1. The third-order valence-corrected chi connectivity index (χ3v) is 8.90. The van der Waals surface area contributed by atoms with E-state index in [0.29, 0.717) is 52.6 Å². The van der Waals surface area contributed by atoms with E-state index in [2.05, 4.69) is 4.99 Å². The van der Waals surface area contributed by atoms with Crippen LogP contribution in [0.2, 0.25) is 0 Å². The van der Waals surface area contributed by atoms with E-state index in [-0.39, 0.29) is 29.6 Å². The number of carbonyl (C=O) groups is 1. The van der Waals surface area contributed by atoms with Crippen LogP contribution >= 0.6 is 11.8 Å².